The number of nitrogens with zero attached hydrogens (tertiary/aromatic N) is 3. The van der Waals surface area contributed by atoms with Gasteiger partial charge in [-0.3, -0.25) is 0 Å². The second kappa shape index (κ2) is 8.95. The summed E-state index contributed by atoms with van der Waals surface area (Å²) in [6, 6.07) is 0.268. The standard InChI is InChI=1S/C14H25ClN4O/c1-5-7-8-11(6-2)9-16-13-17-12(15)18-14(19-13)20-10(3)4/h10-11H,5-9H2,1-4H3,(H,16,17,18,19). The number of unbranched alkanes of at least 4 members (excludes halogenated alkanes) is 1. The predicted octanol–water partition coefficient (Wildman–Crippen LogP) is 3.94. The highest BCUT2D eigenvalue weighted by molar-refractivity contribution is 6.28. The number of anilines is 1. The van der Waals surface area contributed by atoms with Gasteiger partial charge in [0.25, 0.3) is 0 Å². The summed E-state index contributed by atoms with van der Waals surface area (Å²) in [5, 5.41) is 3.38. The number of rotatable bonds is 9. The summed E-state index contributed by atoms with van der Waals surface area (Å²) in [5.41, 5.74) is 0. The van der Waals surface area contributed by atoms with E-state index in [1.807, 2.05) is 13.8 Å². The fraction of sp³-hybridized carbons (Fsp3) is 0.786. The second-order valence-corrected chi connectivity index (χ2v) is 5.51. The van der Waals surface area contributed by atoms with Gasteiger partial charge in [0.2, 0.25) is 11.2 Å². The van der Waals surface area contributed by atoms with E-state index >= 15 is 0 Å². The highest BCUT2D eigenvalue weighted by Crippen LogP contribution is 2.16. The van der Waals surface area contributed by atoms with Crippen molar-refractivity contribution in [3.05, 3.63) is 5.28 Å². The van der Waals surface area contributed by atoms with E-state index in [0.29, 0.717) is 11.9 Å². The Balaban J connectivity index is 2.59. The van der Waals surface area contributed by atoms with Gasteiger partial charge in [-0.1, -0.05) is 33.1 Å². The molecule has 0 spiro atoms. The molecular weight excluding hydrogens is 276 g/mol. The lowest BCUT2D eigenvalue weighted by molar-refractivity contribution is 0.222. The van der Waals surface area contributed by atoms with Crippen molar-refractivity contribution in [3.8, 4) is 6.01 Å². The van der Waals surface area contributed by atoms with Gasteiger partial charge in [0.1, 0.15) is 0 Å². The van der Waals surface area contributed by atoms with Crippen molar-refractivity contribution >= 4 is 17.5 Å². The van der Waals surface area contributed by atoms with Crippen LogP contribution in [-0.4, -0.2) is 27.6 Å². The lowest BCUT2D eigenvalue weighted by atomic mass is 9.99. The number of hydrogen-bond donors (Lipinski definition) is 1. The Morgan fingerprint density at radius 2 is 1.95 bits per heavy atom. The van der Waals surface area contributed by atoms with Gasteiger partial charge in [0, 0.05) is 6.54 Å². The Hall–Kier alpha value is -1.10. The third-order valence-electron chi connectivity index (χ3n) is 3.02. The number of nitrogens with one attached hydrogen (secondary N) is 1. The Labute approximate surface area is 126 Å². The zero-order chi connectivity index (χ0) is 15.0. The van der Waals surface area contributed by atoms with Crippen molar-refractivity contribution in [1.29, 1.82) is 0 Å². The van der Waals surface area contributed by atoms with Crippen LogP contribution in [-0.2, 0) is 0 Å². The average molecular weight is 301 g/mol. The minimum absolute atomic E-state index is 0.00858. The molecule has 0 aliphatic rings. The van der Waals surface area contributed by atoms with Gasteiger partial charge in [0.05, 0.1) is 6.10 Å². The van der Waals surface area contributed by atoms with Gasteiger partial charge in [-0.15, -0.1) is 0 Å². The first-order valence-electron chi connectivity index (χ1n) is 7.37. The van der Waals surface area contributed by atoms with Crippen molar-refractivity contribution < 1.29 is 4.74 Å². The maximum Gasteiger partial charge on any atom is 0.322 e. The first kappa shape index (κ1) is 17.0. The number of halogens is 1. The quantitative estimate of drug-likeness (QED) is 0.748. The highest BCUT2D eigenvalue weighted by Gasteiger charge is 2.10. The molecule has 114 valence electrons. The van der Waals surface area contributed by atoms with Gasteiger partial charge in [0.15, 0.2) is 0 Å². The molecule has 1 aromatic heterocycles. The summed E-state index contributed by atoms with van der Waals surface area (Å²) in [6.07, 6.45) is 4.84. The Morgan fingerprint density at radius 1 is 1.20 bits per heavy atom. The first-order valence-corrected chi connectivity index (χ1v) is 7.75. The van der Waals surface area contributed by atoms with E-state index in [9.17, 15) is 0 Å². The summed E-state index contributed by atoms with van der Waals surface area (Å²) < 4.78 is 5.45. The number of aromatic nitrogens is 3. The molecular formula is C14H25ClN4O. The van der Waals surface area contributed by atoms with Crippen molar-refractivity contribution in [1.82, 2.24) is 15.0 Å². The molecule has 0 saturated carbocycles. The maximum absolute atomic E-state index is 5.88. The molecule has 6 heteroatoms. The fourth-order valence-corrected chi connectivity index (χ4v) is 2.01. The largest absolute Gasteiger partial charge is 0.461 e. The van der Waals surface area contributed by atoms with E-state index in [4.69, 9.17) is 16.3 Å². The van der Waals surface area contributed by atoms with Crippen LogP contribution in [0.3, 0.4) is 0 Å². The third-order valence-corrected chi connectivity index (χ3v) is 3.19. The zero-order valence-electron chi connectivity index (χ0n) is 12.8. The second-order valence-electron chi connectivity index (χ2n) is 5.17. The van der Waals surface area contributed by atoms with Gasteiger partial charge < -0.3 is 10.1 Å². The molecule has 0 amide bonds. The molecule has 0 radical (unpaired) electrons. The Kier molecular flexibility index (Phi) is 7.59. The first-order chi connectivity index (χ1) is 9.55. The van der Waals surface area contributed by atoms with E-state index in [-0.39, 0.29) is 17.4 Å². The molecule has 1 rings (SSSR count). The molecule has 20 heavy (non-hydrogen) atoms. The summed E-state index contributed by atoms with van der Waals surface area (Å²) in [5.74, 6) is 1.11. The van der Waals surface area contributed by atoms with E-state index < -0.39 is 0 Å². The molecule has 0 aromatic carbocycles. The molecule has 0 aliphatic heterocycles. The van der Waals surface area contributed by atoms with Crippen molar-refractivity contribution in [3.63, 3.8) is 0 Å². The van der Waals surface area contributed by atoms with Crippen LogP contribution in [0.4, 0.5) is 5.95 Å². The maximum atomic E-state index is 5.88. The highest BCUT2D eigenvalue weighted by atomic mass is 35.5. The molecule has 0 fully saturated rings. The van der Waals surface area contributed by atoms with E-state index in [1.165, 1.54) is 19.3 Å². The van der Waals surface area contributed by atoms with Crippen LogP contribution in [0.1, 0.15) is 53.4 Å². The van der Waals surface area contributed by atoms with Gasteiger partial charge in [-0.05, 0) is 37.8 Å². The topological polar surface area (TPSA) is 59.9 Å². The molecule has 1 atom stereocenters. The molecule has 1 N–H and O–H groups in total. The SMILES string of the molecule is CCCCC(CC)CNc1nc(Cl)nc(OC(C)C)n1. The van der Waals surface area contributed by atoms with Crippen LogP contribution >= 0.6 is 11.6 Å². The van der Waals surface area contributed by atoms with Crippen molar-refractivity contribution in [2.75, 3.05) is 11.9 Å². The third kappa shape index (κ3) is 6.37. The summed E-state index contributed by atoms with van der Waals surface area (Å²) in [7, 11) is 0. The summed E-state index contributed by atoms with van der Waals surface area (Å²) in [6.45, 7) is 9.10. The molecule has 1 aromatic rings. The van der Waals surface area contributed by atoms with Crippen LogP contribution in [0, 0.1) is 5.92 Å². The van der Waals surface area contributed by atoms with Gasteiger partial charge in [-0.25, -0.2) is 0 Å². The van der Waals surface area contributed by atoms with Gasteiger partial charge in [-0.2, -0.15) is 15.0 Å². The van der Waals surface area contributed by atoms with E-state index in [0.717, 1.165) is 13.0 Å². The van der Waals surface area contributed by atoms with Crippen LogP contribution in [0.5, 0.6) is 6.01 Å². The molecule has 0 aliphatic carbocycles. The smallest absolute Gasteiger partial charge is 0.322 e. The van der Waals surface area contributed by atoms with E-state index in [1.54, 1.807) is 0 Å². The molecule has 0 saturated heterocycles. The minimum Gasteiger partial charge on any atom is -0.461 e. The Morgan fingerprint density at radius 3 is 2.55 bits per heavy atom. The fourth-order valence-electron chi connectivity index (χ4n) is 1.85. The van der Waals surface area contributed by atoms with Crippen molar-refractivity contribution in [2.24, 2.45) is 5.92 Å². The average Bonchev–Trinajstić information content (AvgIpc) is 2.37. The monoisotopic (exact) mass is 300 g/mol. The normalized spacial score (nSPS) is 12.5. The number of ether oxygens (including phenoxy) is 1. The Bertz CT molecular complexity index is 401. The lowest BCUT2D eigenvalue weighted by Crippen LogP contribution is -2.16. The summed E-state index contributed by atoms with van der Waals surface area (Å²) in [4.78, 5) is 12.3. The minimum atomic E-state index is 0.00858. The lowest BCUT2D eigenvalue weighted by Gasteiger charge is -2.15. The molecule has 0 bridgehead atoms. The summed E-state index contributed by atoms with van der Waals surface area (Å²) >= 11 is 5.88. The predicted molar refractivity (Wildman–Crippen MR) is 82.4 cm³/mol. The van der Waals surface area contributed by atoms with Crippen LogP contribution in [0.15, 0.2) is 0 Å². The van der Waals surface area contributed by atoms with Crippen molar-refractivity contribution in [2.45, 2.75) is 59.5 Å². The van der Waals surface area contributed by atoms with Gasteiger partial charge >= 0.3 is 6.01 Å². The van der Waals surface area contributed by atoms with E-state index in [2.05, 4.69) is 34.1 Å². The molecule has 5 nitrogen and oxygen atoms in total. The van der Waals surface area contributed by atoms with Crippen LogP contribution in [0.25, 0.3) is 0 Å². The number of hydrogen-bond acceptors (Lipinski definition) is 5. The molecule has 1 unspecified atom stereocenters. The molecule has 1 heterocycles. The zero-order valence-corrected chi connectivity index (χ0v) is 13.6. The van der Waals surface area contributed by atoms with Crippen LogP contribution < -0.4 is 10.1 Å². The van der Waals surface area contributed by atoms with Crippen LogP contribution in [0.2, 0.25) is 5.28 Å².